The largest absolute Gasteiger partial charge is 0.493 e. The summed E-state index contributed by atoms with van der Waals surface area (Å²) in [5.74, 6) is 0.445. The molecule has 0 atom stereocenters. The molecule has 0 aliphatic carbocycles. The van der Waals surface area contributed by atoms with Crippen molar-refractivity contribution < 1.29 is 23.9 Å². The molecule has 7 nitrogen and oxygen atoms in total. The topological polar surface area (TPSA) is 94.7 Å². The second-order valence-corrected chi connectivity index (χ2v) is 3.61. The number of carbonyl (C=O) groups is 1. The molecule has 2 rings (SSSR count). The van der Waals surface area contributed by atoms with E-state index >= 15 is 0 Å². The molecule has 0 fully saturated rings. The van der Waals surface area contributed by atoms with Crippen LogP contribution in [-0.2, 0) is 17.8 Å². The van der Waals surface area contributed by atoms with E-state index in [4.69, 9.17) is 19.1 Å². The second kappa shape index (κ2) is 5.85. The van der Waals surface area contributed by atoms with Crippen molar-refractivity contribution >= 4 is 5.97 Å². The Kier molecular flexibility index (Phi) is 3.97. The van der Waals surface area contributed by atoms with E-state index in [0.29, 0.717) is 11.5 Å². The maximum absolute atomic E-state index is 10.5. The molecule has 0 aliphatic rings. The van der Waals surface area contributed by atoms with Crippen molar-refractivity contribution in [3.63, 3.8) is 0 Å². The summed E-state index contributed by atoms with van der Waals surface area (Å²) in [4.78, 5) is 14.4. The summed E-state index contributed by atoms with van der Waals surface area (Å²) in [7, 11) is 1.54. The minimum atomic E-state index is -1.03. The van der Waals surface area contributed by atoms with Crippen molar-refractivity contribution in [3.05, 3.63) is 36.0 Å². The Balaban J connectivity index is 1.98. The van der Waals surface area contributed by atoms with Gasteiger partial charge in [0.05, 0.1) is 7.11 Å². The molecule has 0 radical (unpaired) electrons. The molecule has 0 unspecified atom stereocenters. The van der Waals surface area contributed by atoms with E-state index in [9.17, 15) is 4.79 Å². The number of nitrogens with zero attached hydrogens (tertiary/aromatic N) is 2. The number of hydrogen-bond donors (Lipinski definition) is 1. The van der Waals surface area contributed by atoms with Crippen LogP contribution in [0.4, 0.5) is 0 Å². The first-order chi connectivity index (χ1) is 9.19. The van der Waals surface area contributed by atoms with Gasteiger partial charge in [0.15, 0.2) is 18.1 Å². The van der Waals surface area contributed by atoms with Gasteiger partial charge in [0, 0.05) is 0 Å². The standard InChI is InChI=1S/C12H12N2O5/c1-17-8-4-2-3-5-9(8)18-7-10-13-11(19-14-10)6-12(15)16/h2-5H,6-7H2,1H3,(H,15,16). The molecule has 2 aromatic rings. The van der Waals surface area contributed by atoms with E-state index in [-0.39, 0.29) is 24.7 Å². The molecule has 0 amide bonds. The fourth-order valence-corrected chi connectivity index (χ4v) is 1.43. The Hall–Kier alpha value is -2.57. The molecule has 19 heavy (non-hydrogen) atoms. The third-order valence-electron chi connectivity index (χ3n) is 2.24. The van der Waals surface area contributed by atoms with E-state index in [1.54, 1.807) is 19.2 Å². The van der Waals surface area contributed by atoms with Crippen LogP contribution in [0, 0.1) is 0 Å². The van der Waals surface area contributed by atoms with Gasteiger partial charge in [-0.2, -0.15) is 4.98 Å². The quantitative estimate of drug-likeness (QED) is 0.839. The number of para-hydroxylation sites is 2. The number of ether oxygens (including phenoxy) is 2. The molecular formula is C12H12N2O5. The van der Waals surface area contributed by atoms with Crippen LogP contribution >= 0.6 is 0 Å². The average Bonchev–Trinajstić information content (AvgIpc) is 2.83. The molecule has 0 saturated carbocycles. The summed E-state index contributed by atoms with van der Waals surface area (Å²) in [6.07, 6.45) is -0.304. The first-order valence-corrected chi connectivity index (χ1v) is 5.48. The third-order valence-corrected chi connectivity index (χ3v) is 2.24. The summed E-state index contributed by atoms with van der Waals surface area (Å²) in [5.41, 5.74) is 0. The maximum atomic E-state index is 10.5. The number of carboxylic acid groups (broad SMARTS) is 1. The molecule has 1 N–H and O–H groups in total. The molecule has 0 bridgehead atoms. The minimum Gasteiger partial charge on any atom is -0.493 e. The van der Waals surface area contributed by atoms with Gasteiger partial charge in [-0.25, -0.2) is 0 Å². The molecule has 0 saturated heterocycles. The van der Waals surface area contributed by atoms with Gasteiger partial charge in [-0.3, -0.25) is 4.79 Å². The van der Waals surface area contributed by atoms with Crippen molar-refractivity contribution in [2.24, 2.45) is 0 Å². The highest BCUT2D eigenvalue weighted by Crippen LogP contribution is 2.26. The van der Waals surface area contributed by atoms with Crippen LogP contribution in [0.25, 0.3) is 0 Å². The van der Waals surface area contributed by atoms with E-state index in [1.165, 1.54) is 0 Å². The fourth-order valence-electron chi connectivity index (χ4n) is 1.43. The van der Waals surface area contributed by atoms with Crippen molar-refractivity contribution in [3.8, 4) is 11.5 Å². The number of aliphatic carboxylic acids is 1. The van der Waals surface area contributed by atoms with E-state index in [2.05, 4.69) is 10.1 Å². The number of methoxy groups -OCH3 is 1. The van der Waals surface area contributed by atoms with Gasteiger partial charge in [-0.15, -0.1) is 0 Å². The predicted molar refractivity (Wildman–Crippen MR) is 63.0 cm³/mol. The van der Waals surface area contributed by atoms with Crippen LogP contribution < -0.4 is 9.47 Å². The Morgan fingerprint density at radius 3 is 2.79 bits per heavy atom. The molecule has 1 aromatic heterocycles. The summed E-state index contributed by atoms with van der Waals surface area (Å²) in [5, 5.41) is 12.2. The lowest BCUT2D eigenvalue weighted by atomic mass is 10.3. The molecule has 1 heterocycles. The summed E-state index contributed by atoms with van der Waals surface area (Å²) >= 11 is 0. The van der Waals surface area contributed by atoms with Crippen LogP contribution in [0.5, 0.6) is 11.5 Å². The van der Waals surface area contributed by atoms with Gasteiger partial charge in [-0.05, 0) is 12.1 Å². The van der Waals surface area contributed by atoms with Gasteiger partial charge in [0.1, 0.15) is 6.42 Å². The van der Waals surface area contributed by atoms with Gasteiger partial charge >= 0.3 is 5.97 Å². The number of rotatable bonds is 6. The lowest BCUT2D eigenvalue weighted by molar-refractivity contribution is -0.136. The van der Waals surface area contributed by atoms with Gasteiger partial charge < -0.3 is 19.1 Å². The highest BCUT2D eigenvalue weighted by Gasteiger charge is 2.11. The summed E-state index contributed by atoms with van der Waals surface area (Å²) < 4.78 is 15.4. The molecule has 0 aliphatic heterocycles. The van der Waals surface area contributed by atoms with Crippen molar-refractivity contribution in [2.45, 2.75) is 13.0 Å². The molecule has 1 aromatic carbocycles. The number of hydrogen-bond acceptors (Lipinski definition) is 6. The molecule has 100 valence electrons. The predicted octanol–water partition coefficient (Wildman–Crippen LogP) is 1.28. The van der Waals surface area contributed by atoms with Gasteiger partial charge in [-0.1, -0.05) is 17.3 Å². The van der Waals surface area contributed by atoms with E-state index < -0.39 is 5.97 Å². The SMILES string of the molecule is COc1ccccc1OCc1noc(CC(=O)O)n1. The van der Waals surface area contributed by atoms with Crippen LogP contribution in [0.3, 0.4) is 0 Å². The Labute approximate surface area is 108 Å². The fraction of sp³-hybridized carbons (Fsp3) is 0.250. The lowest BCUT2D eigenvalue weighted by Crippen LogP contribution is -2.02. The second-order valence-electron chi connectivity index (χ2n) is 3.61. The van der Waals surface area contributed by atoms with Crippen LogP contribution in [0.1, 0.15) is 11.7 Å². The maximum Gasteiger partial charge on any atom is 0.312 e. The molecule has 7 heteroatoms. The normalized spacial score (nSPS) is 10.2. The zero-order valence-electron chi connectivity index (χ0n) is 10.2. The zero-order valence-corrected chi connectivity index (χ0v) is 10.2. The van der Waals surface area contributed by atoms with Crippen molar-refractivity contribution in [1.82, 2.24) is 10.1 Å². The first-order valence-electron chi connectivity index (χ1n) is 5.48. The van der Waals surface area contributed by atoms with Crippen molar-refractivity contribution in [2.75, 3.05) is 7.11 Å². The van der Waals surface area contributed by atoms with Crippen LogP contribution in [0.15, 0.2) is 28.8 Å². The minimum absolute atomic E-state index is 0.0473. The third kappa shape index (κ3) is 3.44. The summed E-state index contributed by atoms with van der Waals surface area (Å²) in [6.45, 7) is 0.0729. The number of benzene rings is 1. The smallest absolute Gasteiger partial charge is 0.312 e. The van der Waals surface area contributed by atoms with Crippen LogP contribution in [0.2, 0.25) is 0 Å². The Bertz CT molecular complexity index is 567. The highest BCUT2D eigenvalue weighted by atomic mass is 16.5. The Morgan fingerprint density at radius 2 is 2.11 bits per heavy atom. The lowest BCUT2D eigenvalue weighted by Gasteiger charge is -2.07. The van der Waals surface area contributed by atoms with E-state index in [1.807, 2.05) is 12.1 Å². The van der Waals surface area contributed by atoms with E-state index in [0.717, 1.165) is 0 Å². The number of carboxylic acids is 1. The number of aromatic nitrogens is 2. The Morgan fingerprint density at radius 1 is 1.37 bits per heavy atom. The zero-order chi connectivity index (χ0) is 13.7. The van der Waals surface area contributed by atoms with Gasteiger partial charge in [0.2, 0.25) is 11.7 Å². The first kappa shape index (κ1) is 12.9. The molecular weight excluding hydrogens is 252 g/mol. The molecule has 0 spiro atoms. The monoisotopic (exact) mass is 264 g/mol. The highest BCUT2D eigenvalue weighted by molar-refractivity contribution is 5.68. The van der Waals surface area contributed by atoms with Gasteiger partial charge in [0.25, 0.3) is 0 Å². The van der Waals surface area contributed by atoms with Crippen LogP contribution in [-0.4, -0.2) is 28.3 Å². The summed E-state index contributed by atoms with van der Waals surface area (Å²) in [6, 6.07) is 7.15. The average molecular weight is 264 g/mol. The van der Waals surface area contributed by atoms with Crippen molar-refractivity contribution in [1.29, 1.82) is 0 Å².